The van der Waals surface area contributed by atoms with Crippen molar-refractivity contribution >= 4 is 17.5 Å². The minimum absolute atomic E-state index is 0.0860. The van der Waals surface area contributed by atoms with Gasteiger partial charge in [0.2, 0.25) is 18.6 Å². The van der Waals surface area contributed by atoms with Crippen LogP contribution in [0.2, 0.25) is 0 Å². The van der Waals surface area contributed by atoms with Crippen LogP contribution in [0.25, 0.3) is 0 Å². The summed E-state index contributed by atoms with van der Waals surface area (Å²) in [5, 5.41) is 2.95. The second-order valence-corrected chi connectivity index (χ2v) is 8.09. The third kappa shape index (κ3) is 5.34. The number of hydrogen-bond donors (Lipinski definition) is 1. The Hall–Kier alpha value is -3.80. The normalized spacial score (nSPS) is 12.8. The van der Waals surface area contributed by atoms with Gasteiger partial charge in [0, 0.05) is 18.3 Å². The van der Waals surface area contributed by atoms with Crippen LogP contribution in [0.4, 0.5) is 5.69 Å². The first kappa shape index (κ1) is 22.4. The molecule has 0 bridgehead atoms. The zero-order valence-electron chi connectivity index (χ0n) is 18.9. The van der Waals surface area contributed by atoms with E-state index in [0.29, 0.717) is 30.2 Å². The van der Waals surface area contributed by atoms with Crippen LogP contribution < -0.4 is 14.8 Å². The van der Waals surface area contributed by atoms with Crippen LogP contribution in [-0.2, 0) is 22.6 Å². The van der Waals surface area contributed by atoms with Gasteiger partial charge in [-0.05, 0) is 42.2 Å². The van der Waals surface area contributed by atoms with Crippen LogP contribution in [0.1, 0.15) is 30.0 Å². The van der Waals surface area contributed by atoms with E-state index in [1.165, 1.54) is 0 Å². The molecule has 0 radical (unpaired) electrons. The monoisotopic (exact) mass is 444 g/mol. The average molecular weight is 445 g/mol. The molecule has 1 N–H and O–H groups in total. The Kier molecular flexibility index (Phi) is 6.93. The van der Waals surface area contributed by atoms with E-state index in [0.717, 1.165) is 16.7 Å². The van der Waals surface area contributed by atoms with E-state index in [9.17, 15) is 9.59 Å². The zero-order chi connectivity index (χ0) is 23.2. The molecular formula is C27H28N2O4. The van der Waals surface area contributed by atoms with Crippen LogP contribution in [0.5, 0.6) is 11.5 Å². The lowest BCUT2D eigenvalue weighted by atomic mass is 10.0. The summed E-state index contributed by atoms with van der Waals surface area (Å²) in [6.07, 6.45) is 0.726. The number of benzene rings is 3. The highest BCUT2D eigenvalue weighted by Crippen LogP contribution is 2.34. The molecule has 1 aliphatic heterocycles. The van der Waals surface area contributed by atoms with Crippen molar-refractivity contribution in [2.24, 2.45) is 0 Å². The minimum Gasteiger partial charge on any atom is -0.454 e. The molecule has 33 heavy (non-hydrogen) atoms. The molecular weight excluding hydrogens is 416 g/mol. The topological polar surface area (TPSA) is 67.9 Å². The molecule has 6 nitrogen and oxygen atoms in total. The lowest BCUT2D eigenvalue weighted by molar-refractivity contribution is -0.139. The highest BCUT2D eigenvalue weighted by Gasteiger charge is 2.29. The van der Waals surface area contributed by atoms with Crippen molar-refractivity contribution < 1.29 is 19.1 Å². The van der Waals surface area contributed by atoms with Crippen molar-refractivity contribution in [2.45, 2.75) is 39.3 Å². The molecule has 2 amide bonds. The number of amides is 2. The highest BCUT2D eigenvalue weighted by molar-refractivity contribution is 5.97. The van der Waals surface area contributed by atoms with Crippen molar-refractivity contribution in [3.63, 3.8) is 0 Å². The third-order valence-corrected chi connectivity index (χ3v) is 5.83. The van der Waals surface area contributed by atoms with Crippen molar-refractivity contribution in [3.05, 3.63) is 89.5 Å². The van der Waals surface area contributed by atoms with Gasteiger partial charge < -0.3 is 19.7 Å². The van der Waals surface area contributed by atoms with E-state index in [1.54, 1.807) is 23.1 Å². The molecule has 1 aliphatic rings. The van der Waals surface area contributed by atoms with Gasteiger partial charge in [0.15, 0.2) is 11.5 Å². The summed E-state index contributed by atoms with van der Waals surface area (Å²) in [4.78, 5) is 28.5. The zero-order valence-corrected chi connectivity index (χ0v) is 18.9. The number of anilines is 1. The number of carbonyl (C=O) groups is 2. The number of aryl methyl sites for hydroxylation is 1. The summed E-state index contributed by atoms with van der Waals surface area (Å²) in [6.45, 7) is 4.47. The Labute approximate surface area is 194 Å². The van der Waals surface area contributed by atoms with Crippen molar-refractivity contribution in [1.29, 1.82) is 0 Å². The molecule has 0 saturated carbocycles. The smallest absolute Gasteiger partial charge is 0.247 e. The summed E-state index contributed by atoms with van der Waals surface area (Å²) >= 11 is 0. The molecule has 4 rings (SSSR count). The van der Waals surface area contributed by atoms with Gasteiger partial charge in [0.1, 0.15) is 6.04 Å². The van der Waals surface area contributed by atoms with E-state index in [4.69, 9.17) is 9.47 Å². The second kappa shape index (κ2) is 10.2. The molecule has 6 heteroatoms. The van der Waals surface area contributed by atoms with Crippen molar-refractivity contribution in [2.75, 3.05) is 12.1 Å². The SMILES string of the molecule is CCC(C(=O)Nc1ccc2c(c1)OCO2)N(Cc1ccccc1C)C(=O)Cc1ccccc1. The van der Waals surface area contributed by atoms with E-state index < -0.39 is 6.04 Å². The van der Waals surface area contributed by atoms with E-state index in [2.05, 4.69) is 5.32 Å². The van der Waals surface area contributed by atoms with Crippen molar-refractivity contribution in [1.82, 2.24) is 4.90 Å². The minimum atomic E-state index is -0.619. The maximum atomic E-state index is 13.4. The fourth-order valence-electron chi connectivity index (χ4n) is 3.96. The second-order valence-electron chi connectivity index (χ2n) is 8.09. The Balaban J connectivity index is 1.58. The first-order valence-corrected chi connectivity index (χ1v) is 11.1. The fourth-order valence-corrected chi connectivity index (χ4v) is 3.96. The van der Waals surface area contributed by atoms with Crippen molar-refractivity contribution in [3.8, 4) is 11.5 Å². The Bertz CT molecular complexity index is 1130. The third-order valence-electron chi connectivity index (χ3n) is 5.83. The standard InChI is InChI=1S/C27H28N2O4/c1-3-23(27(31)28-22-13-14-24-25(16-22)33-18-32-24)29(17-21-12-8-7-9-19(21)2)26(30)15-20-10-5-4-6-11-20/h4-14,16,23H,3,15,17-18H2,1-2H3,(H,28,31). The van der Waals surface area contributed by atoms with Gasteiger partial charge in [0.25, 0.3) is 0 Å². The lowest BCUT2D eigenvalue weighted by Gasteiger charge is -2.31. The summed E-state index contributed by atoms with van der Waals surface area (Å²) in [5.74, 6) is 0.931. The molecule has 0 saturated heterocycles. The predicted molar refractivity (Wildman–Crippen MR) is 127 cm³/mol. The Morgan fingerprint density at radius 1 is 0.970 bits per heavy atom. The highest BCUT2D eigenvalue weighted by atomic mass is 16.7. The Morgan fingerprint density at radius 2 is 1.70 bits per heavy atom. The molecule has 3 aromatic carbocycles. The maximum Gasteiger partial charge on any atom is 0.247 e. The number of ether oxygens (including phenoxy) is 2. The van der Waals surface area contributed by atoms with Gasteiger partial charge in [-0.15, -0.1) is 0 Å². The molecule has 1 atom stereocenters. The first-order chi connectivity index (χ1) is 16.0. The van der Waals surface area contributed by atoms with E-state index >= 15 is 0 Å². The van der Waals surface area contributed by atoms with Gasteiger partial charge in [0.05, 0.1) is 6.42 Å². The summed E-state index contributed by atoms with van der Waals surface area (Å²) in [5.41, 5.74) is 3.63. The van der Waals surface area contributed by atoms with Gasteiger partial charge in [-0.2, -0.15) is 0 Å². The van der Waals surface area contributed by atoms with Gasteiger partial charge in [-0.1, -0.05) is 61.5 Å². The molecule has 3 aromatic rings. The van der Waals surface area contributed by atoms with Crippen LogP contribution in [0, 0.1) is 6.92 Å². The van der Waals surface area contributed by atoms with Gasteiger partial charge >= 0.3 is 0 Å². The molecule has 0 aliphatic carbocycles. The molecule has 0 spiro atoms. The molecule has 170 valence electrons. The number of carbonyl (C=O) groups excluding carboxylic acids is 2. The van der Waals surface area contributed by atoms with Crippen LogP contribution in [0.15, 0.2) is 72.8 Å². The average Bonchev–Trinajstić information content (AvgIpc) is 3.28. The summed E-state index contributed by atoms with van der Waals surface area (Å²) in [7, 11) is 0. The number of rotatable bonds is 8. The number of nitrogens with zero attached hydrogens (tertiary/aromatic N) is 1. The summed E-state index contributed by atoms with van der Waals surface area (Å²) in [6, 6.07) is 22.2. The maximum absolute atomic E-state index is 13.4. The largest absolute Gasteiger partial charge is 0.454 e. The fraction of sp³-hybridized carbons (Fsp3) is 0.259. The summed E-state index contributed by atoms with van der Waals surface area (Å²) < 4.78 is 10.8. The molecule has 0 aromatic heterocycles. The van der Waals surface area contributed by atoms with Crippen LogP contribution in [0.3, 0.4) is 0 Å². The number of nitrogens with one attached hydrogen (secondary N) is 1. The quantitative estimate of drug-likeness (QED) is 0.546. The van der Waals surface area contributed by atoms with E-state index in [-0.39, 0.29) is 25.0 Å². The lowest BCUT2D eigenvalue weighted by Crippen LogP contribution is -2.47. The van der Waals surface area contributed by atoms with Gasteiger partial charge in [-0.3, -0.25) is 9.59 Å². The van der Waals surface area contributed by atoms with Crippen LogP contribution in [-0.4, -0.2) is 29.5 Å². The molecule has 1 heterocycles. The number of hydrogen-bond acceptors (Lipinski definition) is 4. The first-order valence-electron chi connectivity index (χ1n) is 11.1. The van der Waals surface area contributed by atoms with E-state index in [1.807, 2.05) is 68.4 Å². The predicted octanol–water partition coefficient (Wildman–Crippen LogP) is 4.71. The molecule has 0 fully saturated rings. The molecule has 1 unspecified atom stereocenters. The Morgan fingerprint density at radius 3 is 2.45 bits per heavy atom. The van der Waals surface area contributed by atoms with Crippen LogP contribution >= 0.6 is 0 Å². The van der Waals surface area contributed by atoms with Gasteiger partial charge in [-0.25, -0.2) is 0 Å². The number of fused-ring (bicyclic) bond motifs is 1.